The Kier molecular flexibility index (Phi) is 2.97. The van der Waals surface area contributed by atoms with Gasteiger partial charge in [0.25, 0.3) is 0 Å². The van der Waals surface area contributed by atoms with E-state index in [1.165, 1.54) is 6.92 Å². The van der Waals surface area contributed by atoms with E-state index in [1.807, 2.05) is 0 Å². The highest BCUT2D eigenvalue weighted by atomic mass is 19.4. The number of nitro groups is 1. The maximum atomic E-state index is 12.2. The van der Waals surface area contributed by atoms with Crippen molar-refractivity contribution in [1.29, 1.82) is 0 Å². The van der Waals surface area contributed by atoms with Crippen LogP contribution in [0.4, 0.5) is 13.2 Å². The molecule has 0 spiro atoms. The van der Waals surface area contributed by atoms with E-state index in [4.69, 9.17) is 0 Å². The Balaban J connectivity index is 3.03. The summed E-state index contributed by atoms with van der Waals surface area (Å²) in [7, 11) is 0. The van der Waals surface area contributed by atoms with Crippen molar-refractivity contribution in [3.05, 3.63) is 45.0 Å². The van der Waals surface area contributed by atoms with Crippen molar-refractivity contribution in [2.24, 2.45) is 0 Å². The van der Waals surface area contributed by atoms with E-state index >= 15 is 0 Å². The third-order valence-corrected chi connectivity index (χ3v) is 1.97. The molecule has 0 aliphatic carbocycles. The predicted molar refractivity (Wildman–Crippen MR) is 46.9 cm³/mol. The molecule has 1 rings (SSSR count). The maximum Gasteiger partial charge on any atom is 0.416 e. The first-order chi connectivity index (χ1) is 6.80. The summed E-state index contributed by atoms with van der Waals surface area (Å²) in [6.07, 6.45) is -4.40. The molecule has 3 nitrogen and oxygen atoms in total. The first-order valence-corrected chi connectivity index (χ1v) is 4.09. The number of hydrogen-bond donors (Lipinski definition) is 0. The lowest BCUT2D eigenvalue weighted by Crippen LogP contribution is -2.07. The Morgan fingerprint density at radius 2 is 2.00 bits per heavy atom. The third kappa shape index (κ3) is 2.93. The van der Waals surface area contributed by atoms with Crippen LogP contribution in [0, 0.1) is 17.0 Å². The highest BCUT2D eigenvalue weighted by Crippen LogP contribution is 2.30. The molecule has 0 aromatic heterocycles. The molecule has 15 heavy (non-hydrogen) atoms. The molecule has 0 saturated carbocycles. The van der Waals surface area contributed by atoms with E-state index in [0.717, 1.165) is 18.2 Å². The zero-order valence-corrected chi connectivity index (χ0v) is 7.84. The van der Waals surface area contributed by atoms with Crippen molar-refractivity contribution in [3.63, 3.8) is 0 Å². The van der Waals surface area contributed by atoms with Crippen LogP contribution in [0.5, 0.6) is 0 Å². The smallest absolute Gasteiger partial charge is 0.264 e. The van der Waals surface area contributed by atoms with Gasteiger partial charge in [-0.1, -0.05) is 6.07 Å². The molecule has 0 fully saturated rings. The van der Waals surface area contributed by atoms with E-state index in [-0.39, 0.29) is 5.56 Å². The molecule has 0 bridgehead atoms. The second-order valence-electron chi connectivity index (χ2n) is 3.13. The molecule has 1 aromatic carbocycles. The summed E-state index contributed by atoms with van der Waals surface area (Å²) in [5, 5.41) is 10.2. The maximum absolute atomic E-state index is 12.2. The van der Waals surface area contributed by atoms with Crippen molar-refractivity contribution in [3.8, 4) is 0 Å². The quantitative estimate of drug-likeness (QED) is 0.567. The predicted octanol–water partition coefficient (Wildman–Crippen LogP) is 2.79. The molecule has 1 aromatic rings. The van der Waals surface area contributed by atoms with Gasteiger partial charge in [-0.25, -0.2) is 0 Å². The fourth-order valence-electron chi connectivity index (χ4n) is 1.19. The minimum Gasteiger partial charge on any atom is -0.264 e. The van der Waals surface area contributed by atoms with Crippen molar-refractivity contribution < 1.29 is 18.1 Å². The number of halogens is 3. The van der Waals surface area contributed by atoms with Crippen LogP contribution in [0.15, 0.2) is 18.2 Å². The van der Waals surface area contributed by atoms with Crippen molar-refractivity contribution in [1.82, 2.24) is 0 Å². The molecule has 0 saturated heterocycles. The van der Waals surface area contributed by atoms with E-state index in [2.05, 4.69) is 0 Å². The zero-order chi connectivity index (χ0) is 11.6. The van der Waals surface area contributed by atoms with E-state index < -0.39 is 23.2 Å². The van der Waals surface area contributed by atoms with Gasteiger partial charge in [0.2, 0.25) is 6.54 Å². The molecule has 0 amide bonds. The summed E-state index contributed by atoms with van der Waals surface area (Å²) in [5.41, 5.74) is -0.207. The monoisotopic (exact) mass is 219 g/mol. The standard InChI is InChI=1S/C9H8F3NO2/c1-6-4-8(9(10,11)12)3-2-7(6)5-13(14)15/h2-4H,5H2,1H3. The Bertz CT molecular complexity index is 387. The molecule has 0 unspecified atom stereocenters. The number of rotatable bonds is 2. The summed E-state index contributed by atoms with van der Waals surface area (Å²) in [5.74, 6) is 0. The fraction of sp³-hybridized carbons (Fsp3) is 0.333. The lowest BCUT2D eigenvalue weighted by molar-refractivity contribution is -0.496. The molecule has 0 atom stereocenters. The van der Waals surface area contributed by atoms with Crippen molar-refractivity contribution in [2.45, 2.75) is 19.6 Å². The average molecular weight is 219 g/mol. The molecule has 0 aliphatic rings. The van der Waals surface area contributed by atoms with Crippen LogP contribution in [0.3, 0.4) is 0 Å². The van der Waals surface area contributed by atoms with Crippen LogP contribution >= 0.6 is 0 Å². The summed E-state index contributed by atoms with van der Waals surface area (Å²) in [4.78, 5) is 9.61. The summed E-state index contributed by atoms with van der Waals surface area (Å²) in [6, 6.07) is 2.91. The van der Waals surface area contributed by atoms with Crippen LogP contribution in [0.25, 0.3) is 0 Å². The zero-order valence-electron chi connectivity index (χ0n) is 7.84. The highest BCUT2D eigenvalue weighted by Gasteiger charge is 2.30. The van der Waals surface area contributed by atoms with Gasteiger partial charge in [0.05, 0.1) is 5.56 Å². The van der Waals surface area contributed by atoms with E-state index in [9.17, 15) is 23.3 Å². The number of aryl methyl sites for hydroxylation is 1. The largest absolute Gasteiger partial charge is 0.416 e. The topological polar surface area (TPSA) is 43.1 Å². The fourth-order valence-corrected chi connectivity index (χ4v) is 1.19. The second-order valence-corrected chi connectivity index (χ2v) is 3.13. The van der Waals surface area contributed by atoms with Gasteiger partial charge in [0, 0.05) is 10.5 Å². The van der Waals surface area contributed by atoms with E-state index in [0.29, 0.717) is 5.56 Å². The minimum absolute atomic E-state index is 0.279. The Morgan fingerprint density at radius 3 is 2.40 bits per heavy atom. The molecular weight excluding hydrogens is 211 g/mol. The van der Waals surface area contributed by atoms with Gasteiger partial charge in [-0.3, -0.25) is 10.1 Å². The normalized spacial score (nSPS) is 11.5. The van der Waals surface area contributed by atoms with Crippen LogP contribution in [-0.2, 0) is 12.7 Å². The molecular formula is C9H8F3NO2. The first-order valence-electron chi connectivity index (χ1n) is 4.09. The van der Waals surface area contributed by atoms with Gasteiger partial charge in [-0.2, -0.15) is 13.2 Å². The van der Waals surface area contributed by atoms with Gasteiger partial charge in [0.1, 0.15) is 0 Å². The Labute approximate surface area is 83.7 Å². The van der Waals surface area contributed by atoms with Gasteiger partial charge >= 0.3 is 6.18 Å². The molecule has 82 valence electrons. The van der Waals surface area contributed by atoms with Gasteiger partial charge in [0.15, 0.2) is 0 Å². The van der Waals surface area contributed by atoms with Crippen molar-refractivity contribution in [2.75, 3.05) is 0 Å². The molecule has 0 heterocycles. The molecule has 0 aliphatic heterocycles. The van der Waals surface area contributed by atoms with Crippen LogP contribution in [0.2, 0.25) is 0 Å². The third-order valence-electron chi connectivity index (χ3n) is 1.97. The summed E-state index contributed by atoms with van der Waals surface area (Å²) in [6.45, 7) is 0.970. The van der Waals surface area contributed by atoms with Gasteiger partial charge < -0.3 is 0 Å². The highest BCUT2D eigenvalue weighted by molar-refractivity contribution is 5.31. The SMILES string of the molecule is Cc1cc(C(F)(F)F)ccc1C[N+](=O)[O-]. The minimum atomic E-state index is -4.40. The Morgan fingerprint density at radius 1 is 1.40 bits per heavy atom. The number of nitrogens with zero attached hydrogens (tertiary/aromatic N) is 1. The van der Waals surface area contributed by atoms with Crippen molar-refractivity contribution >= 4 is 0 Å². The second kappa shape index (κ2) is 3.88. The van der Waals surface area contributed by atoms with Crippen LogP contribution < -0.4 is 0 Å². The molecule has 0 N–H and O–H groups in total. The summed E-state index contributed by atoms with van der Waals surface area (Å²) >= 11 is 0. The Hall–Kier alpha value is -1.59. The number of benzene rings is 1. The first kappa shape index (κ1) is 11.5. The van der Waals surface area contributed by atoms with Gasteiger partial charge in [-0.15, -0.1) is 0 Å². The summed E-state index contributed by atoms with van der Waals surface area (Å²) < 4.78 is 36.7. The number of alkyl halides is 3. The van der Waals surface area contributed by atoms with Gasteiger partial charge in [-0.05, 0) is 24.6 Å². The average Bonchev–Trinajstić information content (AvgIpc) is 2.05. The molecule has 6 heteroatoms. The lowest BCUT2D eigenvalue weighted by Gasteiger charge is -2.08. The lowest BCUT2D eigenvalue weighted by atomic mass is 10.1. The molecule has 0 radical (unpaired) electrons. The van der Waals surface area contributed by atoms with E-state index in [1.54, 1.807) is 0 Å². The number of hydrogen-bond acceptors (Lipinski definition) is 2. The van der Waals surface area contributed by atoms with Crippen LogP contribution in [0.1, 0.15) is 16.7 Å². The van der Waals surface area contributed by atoms with Crippen LogP contribution in [-0.4, -0.2) is 4.92 Å².